The molecule has 0 spiro atoms. The number of carbonyl (C=O) groups is 3. The molecular formula is C38H41FN4O5. The molecule has 0 radical (unpaired) electrons. The molecule has 2 saturated carbocycles. The number of hydrogen-bond acceptors (Lipinski definition) is 5. The molecule has 4 aromatic rings. The van der Waals surface area contributed by atoms with Gasteiger partial charge < -0.3 is 25.0 Å². The lowest BCUT2D eigenvalue weighted by atomic mass is 9.75. The first kappa shape index (κ1) is 32.9. The normalized spacial score (nSPS) is 16.3. The zero-order valence-corrected chi connectivity index (χ0v) is 27.6. The SMILES string of the molecule is CCOc1cc(NC(=O)C2(NC(=O)c3ccc4c(c3)c(C)c(-c3ccc(F)cn3)n4C3CCCCC3)CCC2)ccc1/C=C(\C)C(=O)O. The molecule has 3 N–H and O–H groups in total. The van der Waals surface area contributed by atoms with Crippen molar-refractivity contribution in [3.05, 3.63) is 82.8 Å². The van der Waals surface area contributed by atoms with E-state index in [1.807, 2.05) is 32.0 Å². The number of benzene rings is 2. The third-order valence-electron chi connectivity index (χ3n) is 9.70. The van der Waals surface area contributed by atoms with E-state index in [1.54, 1.807) is 24.3 Å². The van der Waals surface area contributed by atoms with Gasteiger partial charge in [0.05, 0.1) is 24.2 Å². The predicted octanol–water partition coefficient (Wildman–Crippen LogP) is 7.83. The molecule has 0 atom stereocenters. The molecule has 48 heavy (non-hydrogen) atoms. The summed E-state index contributed by atoms with van der Waals surface area (Å²) in [4.78, 5) is 43.2. The Morgan fingerprint density at radius 3 is 2.48 bits per heavy atom. The first-order valence-corrected chi connectivity index (χ1v) is 16.7. The molecule has 2 fully saturated rings. The van der Waals surface area contributed by atoms with Crippen LogP contribution in [0.15, 0.2) is 60.3 Å². The molecule has 2 aliphatic carbocycles. The van der Waals surface area contributed by atoms with Crippen molar-refractivity contribution in [3.8, 4) is 17.1 Å². The van der Waals surface area contributed by atoms with E-state index in [1.165, 1.54) is 31.7 Å². The fourth-order valence-electron chi connectivity index (χ4n) is 6.95. The third kappa shape index (κ3) is 6.43. The lowest BCUT2D eigenvalue weighted by molar-refractivity contribution is -0.132. The summed E-state index contributed by atoms with van der Waals surface area (Å²) in [7, 11) is 0. The number of halogens is 1. The van der Waals surface area contributed by atoms with Crippen molar-refractivity contribution in [3.63, 3.8) is 0 Å². The van der Waals surface area contributed by atoms with Gasteiger partial charge in [0.25, 0.3) is 5.91 Å². The Bertz CT molecular complexity index is 1900. The van der Waals surface area contributed by atoms with Crippen molar-refractivity contribution < 1.29 is 28.6 Å². The van der Waals surface area contributed by atoms with E-state index in [0.29, 0.717) is 47.7 Å². The topological polar surface area (TPSA) is 123 Å². The van der Waals surface area contributed by atoms with Crippen molar-refractivity contribution in [2.45, 2.75) is 83.7 Å². The van der Waals surface area contributed by atoms with Gasteiger partial charge in [0.2, 0.25) is 5.91 Å². The third-order valence-corrected chi connectivity index (χ3v) is 9.70. The van der Waals surface area contributed by atoms with Crippen molar-refractivity contribution in [1.82, 2.24) is 14.9 Å². The van der Waals surface area contributed by atoms with E-state index in [4.69, 9.17) is 4.74 Å². The summed E-state index contributed by atoms with van der Waals surface area (Å²) in [6.07, 6.45) is 10.1. The number of ether oxygens (including phenoxy) is 1. The van der Waals surface area contributed by atoms with E-state index in [9.17, 15) is 23.9 Å². The van der Waals surface area contributed by atoms with Crippen molar-refractivity contribution >= 4 is 40.4 Å². The average molecular weight is 653 g/mol. The number of aliphatic carboxylic acids is 1. The van der Waals surface area contributed by atoms with Crippen LogP contribution in [0.4, 0.5) is 10.1 Å². The molecule has 250 valence electrons. The zero-order valence-electron chi connectivity index (χ0n) is 27.6. The first-order valence-electron chi connectivity index (χ1n) is 16.7. The number of carboxylic acids is 1. The van der Waals surface area contributed by atoms with Crippen LogP contribution in [-0.4, -0.2) is 44.6 Å². The minimum atomic E-state index is -1.07. The lowest BCUT2D eigenvalue weighted by Crippen LogP contribution is -2.61. The molecular weight excluding hydrogens is 611 g/mol. The number of carboxylic acid groups (broad SMARTS) is 1. The van der Waals surface area contributed by atoms with Gasteiger partial charge in [-0.05, 0) is 107 Å². The second-order valence-corrected chi connectivity index (χ2v) is 12.9. The summed E-state index contributed by atoms with van der Waals surface area (Å²) in [5.41, 5.74) is 4.23. The van der Waals surface area contributed by atoms with E-state index in [0.717, 1.165) is 54.3 Å². The van der Waals surface area contributed by atoms with Crippen LogP contribution in [0.2, 0.25) is 0 Å². The van der Waals surface area contributed by atoms with Gasteiger partial charge in [-0.25, -0.2) is 9.18 Å². The first-order chi connectivity index (χ1) is 23.1. The van der Waals surface area contributed by atoms with Crippen LogP contribution in [0.1, 0.15) is 92.7 Å². The maximum absolute atomic E-state index is 13.8. The second kappa shape index (κ2) is 13.6. The summed E-state index contributed by atoms with van der Waals surface area (Å²) >= 11 is 0. The van der Waals surface area contributed by atoms with Gasteiger partial charge in [0.1, 0.15) is 17.1 Å². The number of nitrogens with one attached hydrogen (secondary N) is 2. The van der Waals surface area contributed by atoms with Gasteiger partial charge in [-0.3, -0.25) is 14.6 Å². The van der Waals surface area contributed by atoms with Crippen LogP contribution < -0.4 is 15.4 Å². The van der Waals surface area contributed by atoms with Crippen molar-refractivity contribution in [1.29, 1.82) is 0 Å². The Balaban J connectivity index is 1.27. The van der Waals surface area contributed by atoms with Crippen LogP contribution in [0.25, 0.3) is 28.4 Å². The lowest BCUT2D eigenvalue weighted by Gasteiger charge is -2.40. The number of anilines is 1. The maximum Gasteiger partial charge on any atom is 0.331 e. The Morgan fingerprint density at radius 1 is 1.06 bits per heavy atom. The minimum absolute atomic E-state index is 0.158. The zero-order chi connectivity index (χ0) is 34.0. The Hall–Kier alpha value is -4.99. The number of fused-ring (bicyclic) bond motifs is 1. The molecule has 2 aromatic heterocycles. The highest BCUT2D eigenvalue weighted by Crippen LogP contribution is 2.41. The van der Waals surface area contributed by atoms with Crippen LogP contribution in [0.5, 0.6) is 5.75 Å². The fourth-order valence-corrected chi connectivity index (χ4v) is 6.95. The van der Waals surface area contributed by atoms with Gasteiger partial charge in [-0.15, -0.1) is 0 Å². The monoisotopic (exact) mass is 652 g/mol. The Morgan fingerprint density at radius 2 is 1.83 bits per heavy atom. The molecule has 2 aliphatic rings. The predicted molar refractivity (Wildman–Crippen MR) is 184 cm³/mol. The highest BCUT2D eigenvalue weighted by Gasteiger charge is 2.45. The average Bonchev–Trinajstić information content (AvgIpc) is 3.35. The highest BCUT2D eigenvalue weighted by molar-refractivity contribution is 6.06. The summed E-state index contributed by atoms with van der Waals surface area (Å²) in [6, 6.07) is 14.1. The van der Waals surface area contributed by atoms with E-state index < -0.39 is 11.5 Å². The number of hydrogen-bond donors (Lipinski definition) is 3. The van der Waals surface area contributed by atoms with Gasteiger partial charge in [-0.1, -0.05) is 19.3 Å². The molecule has 2 heterocycles. The quantitative estimate of drug-likeness (QED) is 0.150. The minimum Gasteiger partial charge on any atom is -0.493 e. The molecule has 10 heteroatoms. The number of carbonyl (C=O) groups excluding carboxylic acids is 2. The molecule has 0 aliphatic heterocycles. The van der Waals surface area contributed by atoms with Crippen LogP contribution in [0, 0.1) is 12.7 Å². The van der Waals surface area contributed by atoms with Crippen molar-refractivity contribution in [2.75, 3.05) is 11.9 Å². The maximum atomic E-state index is 13.8. The van der Waals surface area contributed by atoms with Crippen LogP contribution in [-0.2, 0) is 9.59 Å². The number of aryl methyl sites for hydroxylation is 1. The van der Waals surface area contributed by atoms with Gasteiger partial charge in [0, 0.05) is 45.4 Å². The number of rotatable bonds is 10. The fraction of sp³-hybridized carbons (Fsp3) is 0.368. The van der Waals surface area contributed by atoms with E-state index >= 15 is 0 Å². The molecule has 2 amide bonds. The van der Waals surface area contributed by atoms with Gasteiger partial charge >= 0.3 is 5.97 Å². The molecule has 6 rings (SSSR count). The molecule has 0 saturated heterocycles. The van der Waals surface area contributed by atoms with Crippen molar-refractivity contribution in [2.24, 2.45) is 0 Å². The largest absolute Gasteiger partial charge is 0.493 e. The van der Waals surface area contributed by atoms with Crippen LogP contribution >= 0.6 is 0 Å². The molecule has 0 unspecified atom stereocenters. The number of amides is 2. The summed E-state index contributed by atoms with van der Waals surface area (Å²) in [5.74, 6) is -1.63. The standard InChI is InChI=1S/C38H41FN4O5/c1-4-48-33-21-28(14-11-25(33)19-23(2)36(45)46)41-37(47)38(17-8-18-38)42-35(44)26-12-16-32-30(20-26)24(3)34(31-15-13-27(39)22-40-31)43(32)29-9-6-5-7-10-29/h11-16,19-22,29H,4-10,17-18H2,1-3H3,(H,41,47)(H,42,44)(H,45,46)/b23-19+. The number of aromatic nitrogens is 2. The second-order valence-electron chi connectivity index (χ2n) is 12.9. The number of nitrogens with zero attached hydrogens (tertiary/aromatic N) is 2. The van der Waals surface area contributed by atoms with E-state index in [2.05, 4.69) is 20.2 Å². The Kier molecular flexibility index (Phi) is 9.35. The van der Waals surface area contributed by atoms with Gasteiger partial charge in [0.15, 0.2) is 0 Å². The Labute approximate surface area is 279 Å². The number of pyridine rings is 1. The van der Waals surface area contributed by atoms with E-state index in [-0.39, 0.29) is 29.2 Å². The summed E-state index contributed by atoms with van der Waals surface area (Å²) in [5, 5.41) is 16.2. The summed E-state index contributed by atoms with van der Waals surface area (Å²) < 4.78 is 21.9. The molecule has 2 aromatic carbocycles. The summed E-state index contributed by atoms with van der Waals surface area (Å²) in [6.45, 7) is 5.71. The molecule has 0 bridgehead atoms. The van der Waals surface area contributed by atoms with Crippen LogP contribution in [0.3, 0.4) is 0 Å². The molecule has 9 nitrogen and oxygen atoms in total. The highest BCUT2D eigenvalue weighted by atomic mass is 19.1. The smallest absolute Gasteiger partial charge is 0.331 e. The van der Waals surface area contributed by atoms with Gasteiger partial charge in [-0.2, -0.15) is 0 Å².